The second-order valence-corrected chi connectivity index (χ2v) is 7.52. The third kappa shape index (κ3) is 3.03. The Hall–Kier alpha value is -0.190. The van der Waals surface area contributed by atoms with Crippen LogP contribution in [-0.2, 0) is 10.0 Å². The van der Waals surface area contributed by atoms with Gasteiger partial charge in [0, 0.05) is 7.14 Å². The van der Waals surface area contributed by atoms with Gasteiger partial charge in [0.05, 0.1) is 4.90 Å². The standard InChI is InChI=1S/C12H9I2NO2S/c13-9-6-4-8(5-7-9)10-2-1-3-11(12(10)14)18(15,16)17/h1-7H,(H2,15,16,17). The smallest absolute Gasteiger partial charge is 0.225 e. The number of hydrogen-bond donors (Lipinski definition) is 1. The van der Waals surface area contributed by atoms with E-state index in [4.69, 9.17) is 5.14 Å². The number of benzene rings is 2. The lowest BCUT2D eigenvalue weighted by Crippen LogP contribution is -2.14. The molecule has 0 bridgehead atoms. The maximum atomic E-state index is 11.5. The van der Waals surface area contributed by atoms with Gasteiger partial charge in [-0.25, -0.2) is 13.6 Å². The highest BCUT2D eigenvalue weighted by atomic mass is 127. The van der Waals surface area contributed by atoms with Gasteiger partial charge in [-0.05, 0) is 74.5 Å². The zero-order valence-corrected chi connectivity index (χ0v) is 14.2. The average Bonchev–Trinajstić information content (AvgIpc) is 2.29. The van der Waals surface area contributed by atoms with Crippen LogP contribution in [-0.4, -0.2) is 8.42 Å². The first-order valence-electron chi connectivity index (χ1n) is 4.97. The lowest BCUT2D eigenvalue weighted by atomic mass is 10.1. The van der Waals surface area contributed by atoms with E-state index in [0.29, 0.717) is 3.57 Å². The van der Waals surface area contributed by atoms with Gasteiger partial charge in [0.1, 0.15) is 0 Å². The summed E-state index contributed by atoms with van der Waals surface area (Å²) in [7, 11) is -3.68. The molecule has 0 heterocycles. The summed E-state index contributed by atoms with van der Waals surface area (Å²) in [4.78, 5) is 0.166. The van der Waals surface area contributed by atoms with E-state index in [0.717, 1.165) is 14.7 Å². The van der Waals surface area contributed by atoms with Crippen LogP contribution in [0.15, 0.2) is 47.4 Å². The molecular formula is C12H9I2NO2S. The molecule has 2 rings (SSSR count). The molecule has 0 aliphatic rings. The highest BCUT2D eigenvalue weighted by molar-refractivity contribution is 14.1. The fourth-order valence-corrected chi connectivity index (χ4v) is 4.16. The van der Waals surface area contributed by atoms with E-state index in [2.05, 4.69) is 22.6 Å². The van der Waals surface area contributed by atoms with Crippen molar-refractivity contribution in [3.8, 4) is 11.1 Å². The van der Waals surface area contributed by atoms with Gasteiger partial charge < -0.3 is 0 Å². The second-order valence-electron chi connectivity index (χ2n) is 3.67. The Bertz CT molecular complexity index is 682. The van der Waals surface area contributed by atoms with Gasteiger partial charge in [-0.2, -0.15) is 0 Å². The summed E-state index contributed by atoms with van der Waals surface area (Å²) in [6, 6.07) is 13.0. The summed E-state index contributed by atoms with van der Waals surface area (Å²) in [5, 5.41) is 5.19. The molecule has 0 unspecified atom stereocenters. The molecular weight excluding hydrogens is 476 g/mol. The third-order valence-electron chi connectivity index (χ3n) is 2.43. The normalized spacial score (nSPS) is 11.5. The maximum absolute atomic E-state index is 11.5. The molecule has 0 amide bonds. The van der Waals surface area contributed by atoms with Crippen LogP contribution in [0.3, 0.4) is 0 Å². The molecule has 6 heteroatoms. The van der Waals surface area contributed by atoms with Crippen LogP contribution in [0.2, 0.25) is 0 Å². The maximum Gasteiger partial charge on any atom is 0.239 e. The molecule has 2 aromatic carbocycles. The predicted octanol–water partition coefficient (Wildman–Crippen LogP) is 3.21. The Labute approximate surface area is 133 Å². The monoisotopic (exact) mass is 485 g/mol. The van der Waals surface area contributed by atoms with Crippen LogP contribution in [0.4, 0.5) is 0 Å². The third-order valence-corrected chi connectivity index (χ3v) is 5.63. The van der Waals surface area contributed by atoms with Crippen molar-refractivity contribution in [3.05, 3.63) is 49.6 Å². The summed E-state index contributed by atoms with van der Waals surface area (Å²) in [5.74, 6) is 0. The molecule has 0 radical (unpaired) electrons. The molecule has 3 nitrogen and oxygen atoms in total. The summed E-state index contributed by atoms with van der Waals surface area (Å²) >= 11 is 4.24. The minimum absolute atomic E-state index is 0.166. The number of nitrogens with two attached hydrogens (primary N) is 1. The van der Waals surface area contributed by atoms with E-state index in [9.17, 15) is 8.42 Å². The Morgan fingerprint density at radius 2 is 1.56 bits per heavy atom. The van der Waals surface area contributed by atoms with Gasteiger partial charge in [0.25, 0.3) is 0 Å². The highest BCUT2D eigenvalue weighted by Gasteiger charge is 2.15. The summed E-state index contributed by atoms with van der Waals surface area (Å²) < 4.78 is 24.7. The van der Waals surface area contributed by atoms with Crippen LogP contribution in [0, 0.1) is 7.14 Å². The summed E-state index contributed by atoms with van der Waals surface area (Å²) in [6.45, 7) is 0. The van der Waals surface area contributed by atoms with E-state index in [1.54, 1.807) is 6.07 Å². The average molecular weight is 485 g/mol. The van der Waals surface area contributed by atoms with Crippen molar-refractivity contribution >= 4 is 55.2 Å². The first-order valence-corrected chi connectivity index (χ1v) is 8.67. The zero-order valence-electron chi connectivity index (χ0n) is 9.10. The number of halogens is 2. The SMILES string of the molecule is NS(=O)(=O)c1cccc(-c2ccc(I)cc2)c1I. The van der Waals surface area contributed by atoms with Crippen LogP contribution in [0.1, 0.15) is 0 Å². The molecule has 0 aliphatic carbocycles. The largest absolute Gasteiger partial charge is 0.239 e. The van der Waals surface area contributed by atoms with Crippen molar-refractivity contribution in [2.24, 2.45) is 5.14 Å². The molecule has 0 aliphatic heterocycles. The minimum Gasteiger partial charge on any atom is -0.225 e. The Kier molecular flexibility index (Phi) is 4.29. The van der Waals surface area contributed by atoms with Gasteiger partial charge in [-0.1, -0.05) is 24.3 Å². The molecule has 0 saturated heterocycles. The molecule has 0 spiro atoms. The number of primary sulfonamides is 1. The number of sulfonamides is 1. The van der Waals surface area contributed by atoms with E-state index in [-0.39, 0.29) is 4.90 Å². The molecule has 18 heavy (non-hydrogen) atoms. The van der Waals surface area contributed by atoms with Crippen molar-refractivity contribution in [1.82, 2.24) is 0 Å². The molecule has 0 saturated carbocycles. The minimum atomic E-state index is -3.68. The van der Waals surface area contributed by atoms with E-state index < -0.39 is 10.0 Å². The van der Waals surface area contributed by atoms with Crippen molar-refractivity contribution in [2.75, 3.05) is 0 Å². The predicted molar refractivity (Wildman–Crippen MR) is 88.7 cm³/mol. The molecule has 0 atom stereocenters. The van der Waals surface area contributed by atoms with Crippen molar-refractivity contribution in [3.63, 3.8) is 0 Å². The second kappa shape index (κ2) is 5.43. The van der Waals surface area contributed by atoms with Crippen LogP contribution >= 0.6 is 45.2 Å². The Balaban J connectivity index is 2.63. The zero-order chi connectivity index (χ0) is 13.3. The fraction of sp³-hybridized carbons (Fsp3) is 0. The van der Waals surface area contributed by atoms with E-state index in [1.807, 2.05) is 52.9 Å². The van der Waals surface area contributed by atoms with Crippen LogP contribution in [0.25, 0.3) is 11.1 Å². The van der Waals surface area contributed by atoms with Crippen molar-refractivity contribution in [2.45, 2.75) is 4.90 Å². The molecule has 0 aromatic heterocycles. The summed E-state index contributed by atoms with van der Waals surface area (Å²) in [5.41, 5.74) is 1.85. The summed E-state index contributed by atoms with van der Waals surface area (Å²) in [6.07, 6.45) is 0. The number of rotatable bonds is 2. The van der Waals surface area contributed by atoms with E-state index in [1.165, 1.54) is 6.07 Å². The lowest BCUT2D eigenvalue weighted by Gasteiger charge is -2.08. The molecule has 2 aromatic rings. The highest BCUT2D eigenvalue weighted by Crippen LogP contribution is 2.29. The van der Waals surface area contributed by atoms with Crippen LogP contribution < -0.4 is 5.14 Å². The fourth-order valence-electron chi connectivity index (χ4n) is 1.58. The quantitative estimate of drug-likeness (QED) is 0.665. The van der Waals surface area contributed by atoms with Gasteiger partial charge in [0.2, 0.25) is 10.0 Å². The van der Waals surface area contributed by atoms with E-state index >= 15 is 0 Å². The van der Waals surface area contributed by atoms with Crippen molar-refractivity contribution < 1.29 is 8.42 Å². The molecule has 0 fully saturated rings. The van der Waals surface area contributed by atoms with Gasteiger partial charge in [0.15, 0.2) is 0 Å². The lowest BCUT2D eigenvalue weighted by molar-refractivity contribution is 0.597. The van der Waals surface area contributed by atoms with Crippen molar-refractivity contribution in [1.29, 1.82) is 0 Å². The number of hydrogen-bond acceptors (Lipinski definition) is 2. The van der Waals surface area contributed by atoms with Gasteiger partial charge >= 0.3 is 0 Å². The molecule has 2 N–H and O–H groups in total. The Morgan fingerprint density at radius 3 is 2.11 bits per heavy atom. The van der Waals surface area contributed by atoms with Gasteiger partial charge in [-0.15, -0.1) is 0 Å². The van der Waals surface area contributed by atoms with Crippen LogP contribution in [0.5, 0.6) is 0 Å². The van der Waals surface area contributed by atoms with Gasteiger partial charge in [-0.3, -0.25) is 0 Å². The first-order chi connectivity index (χ1) is 8.39. The first kappa shape index (κ1) is 14.2. The topological polar surface area (TPSA) is 60.2 Å². The Morgan fingerprint density at radius 1 is 0.944 bits per heavy atom. The molecule has 94 valence electrons.